The van der Waals surface area contributed by atoms with Crippen molar-refractivity contribution in [3.05, 3.63) is 0 Å². The van der Waals surface area contributed by atoms with E-state index >= 15 is 0 Å². The Labute approximate surface area is 114 Å². The Morgan fingerprint density at radius 1 is 0.889 bits per heavy atom. The Morgan fingerprint density at radius 3 is 1.83 bits per heavy atom. The average molecular weight is 255 g/mol. The Hall–Kier alpha value is -0.530. The van der Waals surface area contributed by atoms with Gasteiger partial charge in [-0.05, 0) is 33.1 Å². The first kappa shape index (κ1) is 17.5. The van der Waals surface area contributed by atoms with Gasteiger partial charge >= 0.3 is 0 Å². The zero-order valence-electron chi connectivity index (χ0n) is 13.2. The summed E-state index contributed by atoms with van der Waals surface area (Å²) in [5, 5.41) is 0. The monoisotopic (exact) mass is 255 g/mol. The lowest BCUT2D eigenvalue weighted by molar-refractivity contribution is -0.135. The van der Waals surface area contributed by atoms with Gasteiger partial charge in [-0.2, -0.15) is 0 Å². The molecule has 0 aromatic carbocycles. The molecule has 0 unspecified atom stereocenters. The smallest absolute Gasteiger partial charge is 0.223 e. The van der Waals surface area contributed by atoms with Crippen molar-refractivity contribution in [2.45, 2.75) is 98.1 Å². The Kier molecular flexibility index (Phi) is 10.1. The summed E-state index contributed by atoms with van der Waals surface area (Å²) in [6.45, 7) is 10.9. The van der Waals surface area contributed by atoms with Gasteiger partial charge in [-0.25, -0.2) is 0 Å². The van der Waals surface area contributed by atoms with Gasteiger partial charge in [0, 0.05) is 18.5 Å². The van der Waals surface area contributed by atoms with Gasteiger partial charge in [0.05, 0.1) is 0 Å². The van der Waals surface area contributed by atoms with Crippen molar-refractivity contribution in [1.82, 2.24) is 4.90 Å². The molecule has 18 heavy (non-hydrogen) atoms. The minimum atomic E-state index is 0.357. The highest BCUT2D eigenvalue weighted by molar-refractivity contribution is 5.76. The molecule has 0 fully saturated rings. The molecule has 0 bridgehead atoms. The van der Waals surface area contributed by atoms with E-state index in [0.29, 0.717) is 18.0 Å². The lowest BCUT2D eigenvalue weighted by Gasteiger charge is -2.34. The number of carbonyl (C=O) groups is 1. The van der Waals surface area contributed by atoms with Gasteiger partial charge in [-0.3, -0.25) is 4.79 Å². The topological polar surface area (TPSA) is 20.3 Å². The van der Waals surface area contributed by atoms with Gasteiger partial charge in [-0.1, -0.05) is 46.5 Å². The highest BCUT2D eigenvalue weighted by Crippen LogP contribution is 2.15. The SMILES string of the molecule is CCCCCCCC(=O)N([C@H](C)CC)[C@@H](C)CC. The number of hydrogen-bond acceptors (Lipinski definition) is 1. The van der Waals surface area contributed by atoms with Crippen molar-refractivity contribution < 1.29 is 4.79 Å². The summed E-state index contributed by atoms with van der Waals surface area (Å²) < 4.78 is 0. The number of rotatable bonds is 10. The van der Waals surface area contributed by atoms with E-state index in [1.807, 2.05) is 0 Å². The quantitative estimate of drug-likeness (QED) is 0.515. The zero-order valence-corrected chi connectivity index (χ0v) is 13.2. The number of unbranched alkanes of at least 4 members (excludes halogenated alkanes) is 4. The second-order valence-electron chi connectivity index (χ2n) is 5.48. The second kappa shape index (κ2) is 10.4. The molecule has 0 heterocycles. The lowest BCUT2D eigenvalue weighted by Crippen LogP contribution is -2.44. The molecule has 1 amide bonds. The predicted molar refractivity (Wildman–Crippen MR) is 79.7 cm³/mol. The molecule has 0 spiro atoms. The van der Waals surface area contributed by atoms with Crippen LogP contribution in [-0.2, 0) is 4.79 Å². The largest absolute Gasteiger partial charge is 0.337 e. The van der Waals surface area contributed by atoms with E-state index in [1.54, 1.807) is 0 Å². The van der Waals surface area contributed by atoms with Crippen molar-refractivity contribution in [3.63, 3.8) is 0 Å². The van der Waals surface area contributed by atoms with E-state index < -0.39 is 0 Å². The lowest BCUT2D eigenvalue weighted by atomic mass is 10.1. The average Bonchev–Trinajstić information content (AvgIpc) is 2.38. The van der Waals surface area contributed by atoms with Crippen LogP contribution in [0, 0.1) is 0 Å². The van der Waals surface area contributed by atoms with Crippen LogP contribution in [0.3, 0.4) is 0 Å². The molecule has 2 heteroatoms. The van der Waals surface area contributed by atoms with Crippen LogP contribution >= 0.6 is 0 Å². The minimum Gasteiger partial charge on any atom is -0.337 e. The fourth-order valence-corrected chi connectivity index (χ4v) is 2.33. The number of amides is 1. The van der Waals surface area contributed by atoms with Crippen LogP contribution in [0.1, 0.15) is 86.0 Å². The summed E-state index contributed by atoms with van der Waals surface area (Å²) in [6.07, 6.45) is 8.93. The van der Waals surface area contributed by atoms with Crippen LogP contribution in [0.4, 0.5) is 0 Å². The van der Waals surface area contributed by atoms with E-state index in [-0.39, 0.29) is 0 Å². The first-order chi connectivity index (χ1) is 8.58. The van der Waals surface area contributed by atoms with Crippen molar-refractivity contribution in [2.75, 3.05) is 0 Å². The maximum Gasteiger partial charge on any atom is 0.223 e. The maximum atomic E-state index is 12.3. The molecule has 0 aromatic heterocycles. The number of carbonyl (C=O) groups excluding carboxylic acids is 1. The number of nitrogens with zero attached hydrogens (tertiary/aromatic N) is 1. The van der Waals surface area contributed by atoms with Crippen molar-refractivity contribution in [2.24, 2.45) is 0 Å². The summed E-state index contributed by atoms with van der Waals surface area (Å²) in [6, 6.07) is 0.756. The van der Waals surface area contributed by atoms with Crippen LogP contribution in [0.25, 0.3) is 0 Å². The molecule has 0 aliphatic rings. The van der Waals surface area contributed by atoms with Gasteiger partial charge in [0.15, 0.2) is 0 Å². The highest BCUT2D eigenvalue weighted by Gasteiger charge is 2.22. The fourth-order valence-electron chi connectivity index (χ4n) is 2.33. The Balaban J connectivity index is 4.13. The predicted octanol–water partition coefficient (Wildman–Crippen LogP) is 4.77. The van der Waals surface area contributed by atoms with Crippen LogP contribution in [0.15, 0.2) is 0 Å². The molecule has 108 valence electrons. The van der Waals surface area contributed by atoms with Crippen molar-refractivity contribution >= 4 is 5.91 Å². The molecule has 0 rings (SSSR count). The van der Waals surface area contributed by atoms with Gasteiger partial charge in [-0.15, -0.1) is 0 Å². The molecule has 2 atom stereocenters. The normalized spacial score (nSPS) is 14.3. The van der Waals surface area contributed by atoms with E-state index in [0.717, 1.165) is 25.7 Å². The van der Waals surface area contributed by atoms with Gasteiger partial charge in [0.2, 0.25) is 5.91 Å². The van der Waals surface area contributed by atoms with Crippen molar-refractivity contribution in [3.8, 4) is 0 Å². The third-order valence-electron chi connectivity index (χ3n) is 3.91. The third-order valence-corrected chi connectivity index (χ3v) is 3.91. The second-order valence-corrected chi connectivity index (χ2v) is 5.48. The van der Waals surface area contributed by atoms with Crippen LogP contribution in [0.2, 0.25) is 0 Å². The highest BCUT2D eigenvalue weighted by atomic mass is 16.2. The summed E-state index contributed by atoms with van der Waals surface area (Å²) >= 11 is 0. The first-order valence-electron chi connectivity index (χ1n) is 7.89. The van der Waals surface area contributed by atoms with E-state index in [9.17, 15) is 4.79 Å². The first-order valence-corrected chi connectivity index (χ1v) is 7.89. The molecule has 0 aliphatic carbocycles. The molecule has 0 aromatic rings. The summed E-state index contributed by atoms with van der Waals surface area (Å²) in [7, 11) is 0. The molecular formula is C16H33NO. The van der Waals surface area contributed by atoms with Crippen molar-refractivity contribution in [1.29, 1.82) is 0 Å². The molecule has 0 radical (unpaired) electrons. The maximum absolute atomic E-state index is 12.3. The van der Waals surface area contributed by atoms with Crippen LogP contribution in [0.5, 0.6) is 0 Å². The van der Waals surface area contributed by atoms with E-state index in [1.165, 1.54) is 25.7 Å². The third kappa shape index (κ3) is 6.42. The summed E-state index contributed by atoms with van der Waals surface area (Å²) in [4.78, 5) is 14.4. The van der Waals surface area contributed by atoms with Gasteiger partial charge in [0.1, 0.15) is 0 Å². The summed E-state index contributed by atoms with van der Waals surface area (Å²) in [5.41, 5.74) is 0. The Bertz CT molecular complexity index is 205. The molecule has 0 saturated carbocycles. The van der Waals surface area contributed by atoms with Gasteiger partial charge < -0.3 is 4.90 Å². The van der Waals surface area contributed by atoms with Crippen LogP contribution < -0.4 is 0 Å². The molecular weight excluding hydrogens is 222 g/mol. The van der Waals surface area contributed by atoms with Crippen LogP contribution in [-0.4, -0.2) is 22.9 Å². The molecule has 0 saturated heterocycles. The Morgan fingerprint density at radius 2 is 1.39 bits per heavy atom. The summed E-state index contributed by atoms with van der Waals surface area (Å²) in [5.74, 6) is 0.357. The minimum absolute atomic E-state index is 0.357. The zero-order chi connectivity index (χ0) is 14.0. The van der Waals surface area contributed by atoms with E-state index in [2.05, 4.69) is 39.5 Å². The molecule has 0 aliphatic heterocycles. The molecule has 0 N–H and O–H groups in total. The van der Waals surface area contributed by atoms with Gasteiger partial charge in [0.25, 0.3) is 0 Å². The van der Waals surface area contributed by atoms with E-state index in [4.69, 9.17) is 0 Å². The molecule has 2 nitrogen and oxygen atoms in total. The number of hydrogen-bond donors (Lipinski definition) is 0. The fraction of sp³-hybridized carbons (Fsp3) is 0.938. The standard InChI is InChI=1S/C16H33NO/c1-6-9-10-11-12-13-16(18)17(14(4)7-2)15(5)8-3/h14-15H,6-13H2,1-5H3/t14-,15+.